The van der Waals surface area contributed by atoms with Gasteiger partial charge in [-0.3, -0.25) is 9.59 Å². The van der Waals surface area contributed by atoms with E-state index in [-0.39, 0.29) is 18.2 Å². The first-order valence-corrected chi connectivity index (χ1v) is 11.2. The molecule has 0 radical (unpaired) electrons. The number of carboxylic acids is 1. The summed E-state index contributed by atoms with van der Waals surface area (Å²) < 4.78 is 0. The van der Waals surface area contributed by atoms with Gasteiger partial charge in [-0.15, -0.1) is 0 Å². The van der Waals surface area contributed by atoms with E-state index in [1.165, 1.54) is 37.7 Å². The predicted octanol–water partition coefficient (Wildman–Crippen LogP) is 4.06. The molecule has 1 unspecified atom stereocenters. The van der Waals surface area contributed by atoms with Gasteiger partial charge in [0.05, 0.1) is 5.92 Å². The Kier molecular flexibility index (Phi) is 4.68. The van der Waals surface area contributed by atoms with Gasteiger partial charge in [-0.25, -0.2) is 0 Å². The molecule has 4 fully saturated rings. The van der Waals surface area contributed by atoms with E-state index in [4.69, 9.17) is 5.11 Å². The highest BCUT2D eigenvalue weighted by molar-refractivity contribution is 5.84. The van der Waals surface area contributed by atoms with Crippen LogP contribution in [0.5, 0.6) is 0 Å². The van der Waals surface area contributed by atoms with E-state index in [0.29, 0.717) is 24.3 Å². The minimum absolute atomic E-state index is 0.0642. The van der Waals surface area contributed by atoms with E-state index >= 15 is 0 Å². The van der Waals surface area contributed by atoms with Crippen LogP contribution < -0.4 is 5.32 Å². The Morgan fingerprint density at radius 3 is 2.43 bits per heavy atom. The molecule has 4 bridgehead atoms. The molecule has 0 saturated heterocycles. The fourth-order valence-corrected chi connectivity index (χ4v) is 6.95. The first-order chi connectivity index (χ1) is 13.6. The van der Waals surface area contributed by atoms with Crippen molar-refractivity contribution in [2.45, 2.75) is 76.2 Å². The van der Waals surface area contributed by atoms with Gasteiger partial charge in [0.2, 0.25) is 5.91 Å². The molecule has 6 rings (SSSR count). The highest BCUT2D eigenvalue weighted by Crippen LogP contribution is 2.53. The number of benzene rings is 1. The number of hydrogen-bond donors (Lipinski definition) is 2. The van der Waals surface area contributed by atoms with Crippen LogP contribution in [0.2, 0.25) is 0 Å². The number of carbonyl (C=O) groups is 2. The highest BCUT2D eigenvalue weighted by Gasteiger charge is 2.49. The molecule has 0 aromatic heterocycles. The Balaban J connectivity index is 1.32. The summed E-state index contributed by atoms with van der Waals surface area (Å²) in [4.78, 5) is 24.2. The zero-order valence-corrected chi connectivity index (χ0v) is 16.5. The lowest BCUT2D eigenvalue weighted by molar-refractivity contribution is -0.137. The average Bonchev–Trinajstić information content (AvgIpc) is 2.67. The summed E-state index contributed by atoms with van der Waals surface area (Å²) in [6.45, 7) is 0. The first kappa shape index (κ1) is 18.2. The van der Waals surface area contributed by atoms with Gasteiger partial charge in [-0.2, -0.15) is 0 Å². The molecular weight excluding hydrogens is 350 g/mol. The fourth-order valence-electron chi connectivity index (χ4n) is 6.95. The minimum Gasteiger partial charge on any atom is -0.481 e. The first-order valence-electron chi connectivity index (χ1n) is 11.2. The molecule has 1 aromatic carbocycles. The molecule has 2 N–H and O–H groups in total. The van der Waals surface area contributed by atoms with Gasteiger partial charge in [0.15, 0.2) is 0 Å². The number of rotatable bonds is 5. The van der Waals surface area contributed by atoms with Gasteiger partial charge in [0.1, 0.15) is 0 Å². The quantitative estimate of drug-likeness (QED) is 0.808. The van der Waals surface area contributed by atoms with Gasteiger partial charge < -0.3 is 10.4 Å². The van der Waals surface area contributed by atoms with Crippen molar-refractivity contribution in [3.05, 3.63) is 34.9 Å². The smallest absolute Gasteiger partial charge is 0.303 e. The Labute approximate surface area is 167 Å². The Hall–Kier alpha value is -1.84. The second-order valence-electron chi connectivity index (χ2n) is 9.84. The van der Waals surface area contributed by atoms with Gasteiger partial charge in [0, 0.05) is 12.5 Å². The summed E-state index contributed by atoms with van der Waals surface area (Å²) in [5, 5.41) is 12.5. The van der Waals surface area contributed by atoms with Crippen molar-refractivity contribution in [1.29, 1.82) is 0 Å². The molecule has 0 heterocycles. The average molecular weight is 382 g/mol. The van der Waals surface area contributed by atoms with Crippen molar-refractivity contribution in [3.63, 3.8) is 0 Å². The van der Waals surface area contributed by atoms with E-state index in [2.05, 4.69) is 17.4 Å². The number of amides is 1. The van der Waals surface area contributed by atoms with Crippen LogP contribution in [0.3, 0.4) is 0 Å². The summed E-state index contributed by atoms with van der Waals surface area (Å²) in [5.41, 5.74) is 3.46. The largest absolute Gasteiger partial charge is 0.481 e. The molecule has 150 valence electrons. The lowest BCUT2D eigenvalue weighted by Gasteiger charge is -2.54. The molecule has 4 heteroatoms. The Morgan fingerprint density at radius 2 is 1.75 bits per heavy atom. The summed E-state index contributed by atoms with van der Waals surface area (Å²) in [7, 11) is 0. The zero-order valence-electron chi connectivity index (χ0n) is 16.5. The monoisotopic (exact) mass is 381 g/mol. The van der Waals surface area contributed by atoms with E-state index in [1.54, 1.807) is 0 Å². The second kappa shape index (κ2) is 7.20. The maximum atomic E-state index is 13.3. The third-order valence-electron chi connectivity index (χ3n) is 8.00. The second-order valence-corrected chi connectivity index (χ2v) is 9.84. The van der Waals surface area contributed by atoms with E-state index < -0.39 is 5.97 Å². The van der Waals surface area contributed by atoms with Crippen LogP contribution in [-0.4, -0.2) is 23.0 Å². The lowest BCUT2D eigenvalue weighted by Crippen LogP contribution is -2.56. The van der Waals surface area contributed by atoms with Crippen LogP contribution >= 0.6 is 0 Å². The molecule has 28 heavy (non-hydrogen) atoms. The molecule has 1 aromatic rings. The molecule has 1 atom stereocenters. The minimum atomic E-state index is -0.770. The van der Waals surface area contributed by atoms with Crippen LogP contribution in [0.15, 0.2) is 18.2 Å². The summed E-state index contributed by atoms with van der Waals surface area (Å²) in [6.07, 6.45) is 10.4. The molecule has 1 amide bonds. The van der Waals surface area contributed by atoms with Crippen molar-refractivity contribution in [2.24, 2.45) is 23.7 Å². The molecular formula is C24H31NO3. The third-order valence-corrected chi connectivity index (χ3v) is 8.00. The van der Waals surface area contributed by atoms with Crippen LogP contribution in [0, 0.1) is 23.7 Å². The number of carbonyl (C=O) groups excluding carboxylic acids is 1. The number of aliphatic carboxylic acids is 1. The van der Waals surface area contributed by atoms with Gasteiger partial charge in [-0.1, -0.05) is 18.2 Å². The molecule has 0 aliphatic heterocycles. The van der Waals surface area contributed by atoms with Crippen molar-refractivity contribution >= 4 is 11.9 Å². The van der Waals surface area contributed by atoms with Crippen molar-refractivity contribution < 1.29 is 14.7 Å². The maximum Gasteiger partial charge on any atom is 0.303 e. The van der Waals surface area contributed by atoms with E-state index in [1.807, 2.05) is 6.07 Å². The van der Waals surface area contributed by atoms with Crippen molar-refractivity contribution in [3.8, 4) is 0 Å². The van der Waals surface area contributed by atoms with Crippen LogP contribution in [0.1, 0.15) is 74.0 Å². The predicted molar refractivity (Wildman–Crippen MR) is 107 cm³/mol. The van der Waals surface area contributed by atoms with Gasteiger partial charge in [0.25, 0.3) is 0 Å². The maximum absolute atomic E-state index is 13.3. The molecule has 5 aliphatic carbocycles. The number of nitrogens with one attached hydrogen (secondary N) is 1. The van der Waals surface area contributed by atoms with Crippen LogP contribution in [0.4, 0.5) is 0 Å². The lowest BCUT2D eigenvalue weighted by atomic mass is 9.54. The highest BCUT2D eigenvalue weighted by atomic mass is 16.4. The van der Waals surface area contributed by atoms with Gasteiger partial charge >= 0.3 is 5.97 Å². The number of fused-ring (bicyclic) bond motifs is 1. The van der Waals surface area contributed by atoms with Crippen LogP contribution in [0.25, 0.3) is 0 Å². The summed E-state index contributed by atoms with van der Waals surface area (Å²) in [5.74, 6) is 2.62. The molecule has 5 aliphatic rings. The molecule has 4 nitrogen and oxygen atoms in total. The molecule has 4 saturated carbocycles. The number of carboxylic acid groups (broad SMARTS) is 1. The fraction of sp³-hybridized carbons (Fsp3) is 0.667. The van der Waals surface area contributed by atoms with Gasteiger partial charge in [-0.05, 0) is 98.1 Å². The Bertz CT molecular complexity index is 758. The third kappa shape index (κ3) is 3.35. The Morgan fingerprint density at radius 1 is 1.04 bits per heavy atom. The van der Waals surface area contributed by atoms with E-state index in [9.17, 15) is 9.59 Å². The normalized spacial score (nSPS) is 35.4. The number of aryl methyl sites for hydroxylation is 2. The molecule has 0 spiro atoms. The summed E-state index contributed by atoms with van der Waals surface area (Å²) >= 11 is 0. The number of hydrogen-bond acceptors (Lipinski definition) is 2. The zero-order chi connectivity index (χ0) is 19.3. The van der Waals surface area contributed by atoms with Crippen LogP contribution in [-0.2, 0) is 22.4 Å². The SMILES string of the molecule is O=C(O)CCc1ccc2c(c1)C(C(=O)NC1C3CC4CC(C3)CC1C4)CCC2. The standard InChI is InChI=1S/C24H31NO3/c26-22(27)7-5-14-4-6-17-2-1-3-20(21(17)13-14)24(28)25-23-18-9-15-8-16(11-18)12-19(23)10-15/h4,6,13,15-16,18-20,23H,1-3,5,7-12H2,(H,25,28)(H,26,27). The summed E-state index contributed by atoms with van der Waals surface area (Å²) in [6, 6.07) is 6.66. The van der Waals surface area contributed by atoms with E-state index in [0.717, 1.165) is 42.2 Å². The van der Waals surface area contributed by atoms with Crippen molar-refractivity contribution in [1.82, 2.24) is 5.32 Å². The topological polar surface area (TPSA) is 66.4 Å². The van der Waals surface area contributed by atoms with Crippen molar-refractivity contribution in [2.75, 3.05) is 0 Å².